The third kappa shape index (κ3) is 2.56. The van der Waals surface area contributed by atoms with Gasteiger partial charge < -0.3 is 0 Å². The Morgan fingerprint density at radius 2 is 2.27 bits per heavy atom. The number of hydrogen-bond donors (Lipinski definition) is 2. The van der Waals surface area contributed by atoms with E-state index in [0.717, 1.165) is 12.1 Å². The Balaban J connectivity index is 2.12. The van der Waals surface area contributed by atoms with Crippen molar-refractivity contribution < 1.29 is 0 Å². The average molecular weight is 221 g/mol. The minimum atomic E-state index is -0.0147. The van der Waals surface area contributed by atoms with Crippen molar-refractivity contribution in [2.24, 2.45) is 5.84 Å². The summed E-state index contributed by atoms with van der Waals surface area (Å²) in [5, 5.41) is 0. The Labute approximate surface area is 91.4 Å². The molecule has 2 heterocycles. The van der Waals surface area contributed by atoms with Crippen LogP contribution in [0.15, 0.2) is 30.3 Å². The SMILES string of the molecule is NNC(Cc1cncs1)c1cnccn1. The molecule has 0 amide bonds. The summed E-state index contributed by atoms with van der Waals surface area (Å²) < 4.78 is 0. The van der Waals surface area contributed by atoms with Crippen LogP contribution in [-0.2, 0) is 6.42 Å². The van der Waals surface area contributed by atoms with Crippen LogP contribution in [0.5, 0.6) is 0 Å². The Hall–Kier alpha value is -1.37. The van der Waals surface area contributed by atoms with Gasteiger partial charge in [0.05, 0.1) is 23.4 Å². The molecule has 5 nitrogen and oxygen atoms in total. The number of hydrazine groups is 1. The van der Waals surface area contributed by atoms with Crippen molar-refractivity contribution in [3.63, 3.8) is 0 Å². The molecular formula is C9H11N5S. The van der Waals surface area contributed by atoms with E-state index in [9.17, 15) is 0 Å². The van der Waals surface area contributed by atoms with Crippen LogP contribution in [0, 0.1) is 0 Å². The van der Waals surface area contributed by atoms with Crippen molar-refractivity contribution in [1.82, 2.24) is 20.4 Å². The minimum absolute atomic E-state index is 0.0147. The van der Waals surface area contributed by atoms with E-state index in [1.165, 1.54) is 4.88 Å². The first-order valence-electron chi connectivity index (χ1n) is 4.49. The fourth-order valence-electron chi connectivity index (χ4n) is 1.28. The predicted octanol–water partition coefficient (Wildman–Crippen LogP) is 0.680. The molecule has 0 aliphatic carbocycles. The second kappa shape index (κ2) is 4.92. The second-order valence-electron chi connectivity index (χ2n) is 3.02. The molecule has 78 valence electrons. The van der Waals surface area contributed by atoms with Crippen LogP contribution in [0.1, 0.15) is 16.6 Å². The zero-order chi connectivity index (χ0) is 10.5. The zero-order valence-corrected chi connectivity index (χ0v) is 8.81. The Kier molecular flexibility index (Phi) is 3.33. The smallest absolute Gasteiger partial charge is 0.0794 e. The molecule has 0 aliphatic heterocycles. The van der Waals surface area contributed by atoms with Crippen molar-refractivity contribution in [2.45, 2.75) is 12.5 Å². The first-order chi connectivity index (χ1) is 7.40. The van der Waals surface area contributed by atoms with E-state index in [1.54, 1.807) is 35.4 Å². The summed E-state index contributed by atoms with van der Waals surface area (Å²) in [6.45, 7) is 0. The summed E-state index contributed by atoms with van der Waals surface area (Å²) >= 11 is 1.61. The van der Waals surface area contributed by atoms with Crippen LogP contribution in [0.2, 0.25) is 0 Å². The number of thiazole rings is 1. The van der Waals surface area contributed by atoms with Crippen molar-refractivity contribution in [1.29, 1.82) is 0 Å². The summed E-state index contributed by atoms with van der Waals surface area (Å²) in [5.41, 5.74) is 5.38. The van der Waals surface area contributed by atoms with Crippen molar-refractivity contribution >= 4 is 11.3 Å². The monoisotopic (exact) mass is 221 g/mol. The fraction of sp³-hybridized carbons (Fsp3) is 0.222. The summed E-state index contributed by atoms with van der Waals surface area (Å²) in [5.74, 6) is 5.49. The highest BCUT2D eigenvalue weighted by molar-refractivity contribution is 7.09. The molecule has 0 saturated heterocycles. The van der Waals surface area contributed by atoms with Crippen LogP contribution in [0.4, 0.5) is 0 Å². The van der Waals surface area contributed by atoms with Crippen LogP contribution in [0.25, 0.3) is 0 Å². The van der Waals surface area contributed by atoms with Crippen LogP contribution < -0.4 is 11.3 Å². The highest BCUT2D eigenvalue weighted by Crippen LogP contribution is 2.17. The molecule has 0 aliphatic rings. The Bertz CT molecular complexity index is 388. The second-order valence-corrected chi connectivity index (χ2v) is 3.99. The molecule has 0 radical (unpaired) electrons. The van der Waals surface area contributed by atoms with Crippen molar-refractivity contribution in [3.8, 4) is 0 Å². The van der Waals surface area contributed by atoms with Gasteiger partial charge in [0.1, 0.15) is 0 Å². The third-order valence-corrected chi connectivity index (χ3v) is 2.83. The summed E-state index contributed by atoms with van der Waals surface area (Å²) in [7, 11) is 0. The lowest BCUT2D eigenvalue weighted by Crippen LogP contribution is -2.30. The predicted molar refractivity (Wildman–Crippen MR) is 57.9 cm³/mol. The minimum Gasteiger partial charge on any atom is -0.271 e. The lowest BCUT2D eigenvalue weighted by atomic mass is 10.1. The molecule has 0 spiro atoms. The van der Waals surface area contributed by atoms with Gasteiger partial charge >= 0.3 is 0 Å². The van der Waals surface area contributed by atoms with E-state index in [0.29, 0.717) is 0 Å². The molecule has 0 fully saturated rings. The normalized spacial score (nSPS) is 12.6. The Morgan fingerprint density at radius 1 is 1.33 bits per heavy atom. The molecule has 2 aromatic heterocycles. The van der Waals surface area contributed by atoms with Crippen LogP contribution >= 0.6 is 11.3 Å². The molecule has 2 rings (SSSR count). The lowest BCUT2D eigenvalue weighted by molar-refractivity contribution is 0.539. The highest BCUT2D eigenvalue weighted by atomic mass is 32.1. The maximum atomic E-state index is 5.49. The fourth-order valence-corrected chi connectivity index (χ4v) is 1.93. The number of rotatable bonds is 4. The number of hydrogen-bond acceptors (Lipinski definition) is 6. The first-order valence-corrected chi connectivity index (χ1v) is 5.37. The van der Waals surface area contributed by atoms with Gasteiger partial charge in [0.2, 0.25) is 0 Å². The van der Waals surface area contributed by atoms with Crippen molar-refractivity contribution in [2.75, 3.05) is 0 Å². The number of nitrogens with two attached hydrogens (primary N) is 1. The molecular weight excluding hydrogens is 210 g/mol. The number of nitrogens with zero attached hydrogens (tertiary/aromatic N) is 3. The molecule has 1 atom stereocenters. The first kappa shape index (κ1) is 10.2. The van der Waals surface area contributed by atoms with Gasteiger partial charge in [0.25, 0.3) is 0 Å². The van der Waals surface area contributed by atoms with Gasteiger partial charge in [-0.15, -0.1) is 11.3 Å². The summed E-state index contributed by atoms with van der Waals surface area (Å²) in [6, 6.07) is -0.0147. The van der Waals surface area contributed by atoms with Gasteiger partial charge in [-0.3, -0.25) is 26.2 Å². The van der Waals surface area contributed by atoms with Gasteiger partial charge in [-0.05, 0) is 0 Å². The van der Waals surface area contributed by atoms with Gasteiger partial charge in [-0.25, -0.2) is 0 Å². The van der Waals surface area contributed by atoms with Gasteiger partial charge in [0, 0.05) is 29.9 Å². The largest absolute Gasteiger partial charge is 0.271 e. The van der Waals surface area contributed by atoms with Crippen molar-refractivity contribution in [3.05, 3.63) is 40.9 Å². The maximum absolute atomic E-state index is 5.49. The van der Waals surface area contributed by atoms with Crippen LogP contribution in [0.3, 0.4) is 0 Å². The van der Waals surface area contributed by atoms with Gasteiger partial charge in [-0.2, -0.15) is 0 Å². The third-order valence-electron chi connectivity index (χ3n) is 2.03. The van der Waals surface area contributed by atoms with E-state index >= 15 is 0 Å². The molecule has 2 aromatic rings. The van der Waals surface area contributed by atoms with E-state index in [4.69, 9.17) is 5.84 Å². The molecule has 0 aromatic carbocycles. The van der Waals surface area contributed by atoms with Gasteiger partial charge in [-0.1, -0.05) is 0 Å². The molecule has 6 heteroatoms. The Morgan fingerprint density at radius 3 is 2.87 bits per heavy atom. The van der Waals surface area contributed by atoms with E-state index in [1.807, 2.05) is 6.20 Å². The highest BCUT2D eigenvalue weighted by Gasteiger charge is 2.12. The maximum Gasteiger partial charge on any atom is 0.0794 e. The van der Waals surface area contributed by atoms with Crippen LogP contribution in [-0.4, -0.2) is 15.0 Å². The molecule has 0 saturated carbocycles. The average Bonchev–Trinajstić information content (AvgIpc) is 2.80. The quantitative estimate of drug-likeness (QED) is 0.586. The molecule has 1 unspecified atom stereocenters. The van der Waals surface area contributed by atoms with E-state index in [-0.39, 0.29) is 6.04 Å². The number of aromatic nitrogens is 3. The topological polar surface area (TPSA) is 76.7 Å². The number of nitrogens with one attached hydrogen (secondary N) is 1. The molecule has 15 heavy (non-hydrogen) atoms. The standard InChI is InChI=1S/C9H11N5S/c10-14-8(3-7-4-12-6-15-7)9-5-11-1-2-13-9/h1-2,4-6,8,14H,3,10H2. The summed E-state index contributed by atoms with van der Waals surface area (Å²) in [4.78, 5) is 13.4. The van der Waals surface area contributed by atoms with E-state index < -0.39 is 0 Å². The zero-order valence-electron chi connectivity index (χ0n) is 8.00. The molecule has 3 N–H and O–H groups in total. The van der Waals surface area contributed by atoms with E-state index in [2.05, 4.69) is 20.4 Å². The molecule has 0 bridgehead atoms. The van der Waals surface area contributed by atoms with Gasteiger partial charge in [0.15, 0.2) is 0 Å². The lowest BCUT2D eigenvalue weighted by Gasteiger charge is -2.12. The summed E-state index contributed by atoms with van der Waals surface area (Å²) in [6.07, 6.45) is 7.63.